The van der Waals surface area contributed by atoms with Gasteiger partial charge in [-0.3, -0.25) is 0 Å². The number of para-hydroxylation sites is 1. The van der Waals surface area contributed by atoms with Crippen molar-refractivity contribution in [1.82, 2.24) is 0 Å². The molecule has 5 nitrogen and oxygen atoms in total. The van der Waals surface area contributed by atoms with Crippen LogP contribution in [-0.2, 0) is 4.84 Å². The molecule has 0 N–H and O–H groups in total. The molecule has 2 saturated carbocycles. The fourth-order valence-corrected chi connectivity index (χ4v) is 4.42. The lowest BCUT2D eigenvalue weighted by atomic mass is 9.70. The molecule has 0 saturated heterocycles. The summed E-state index contributed by atoms with van der Waals surface area (Å²) in [6.07, 6.45) is 3.09. The smallest absolute Gasteiger partial charge is 0.373 e. The number of benzene rings is 1. The third-order valence-corrected chi connectivity index (χ3v) is 6.61. The van der Waals surface area contributed by atoms with E-state index in [2.05, 4.69) is 25.9 Å². The molecular formula is C20H21NO4. The molecule has 2 atom stereocenters. The van der Waals surface area contributed by atoms with Gasteiger partial charge in [-0.2, -0.15) is 0 Å². The molecule has 1 aromatic carbocycles. The summed E-state index contributed by atoms with van der Waals surface area (Å²) in [6.45, 7) is 6.71. The number of carbonyl (C=O) groups excluding carboxylic acids is 1. The highest BCUT2D eigenvalue weighted by Crippen LogP contribution is 2.63. The van der Waals surface area contributed by atoms with Gasteiger partial charge in [-0.15, -0.1) is 0 Å². The predicted molar refractivity (Wildman–Crippen MR) is 94.6 cm³/mol. The largest absolute Gasteiger partial charge is 0.422 e. The molecule has 0 aliphatic heterocycles. The minimum atomic E-state index is -0.767. The Hall–Kier alpha value is -2.43. The summed E-state index contributed by atoms with van der Waals surface area (Å²) in [5, 5.41) is 4.83. The lowest BCUT2D eigenvalue weighted by molar-refractivity contribution is 0.0504. The molecule has 2 aromatic rings. The van der Waals surface area contributed by atoms with Crippen LogP contribution in [0, 0.1) is 16.7 Å². The van der Waals surface area contributed by atoms with Crippen molar-refractivity contribution in [2.24, 2.45) is 21.9 Å². The second kappa shape index (κ2) is 5.28. The quantitative estimate of drug-likeness (QED) is 0.468. The molecule has 2 bridgehead atoms. The number of carbonyl (C=O) groups is 1. The Bertz CT molecular complexity index is 956. The monoisotopic (exact) mass is 339 g/mol. The molecular weight excluding hydrogens is 318 g/mol. The van der Waals surface area contributed by atoms with Gasteiger partial charge in [-0.25, -0.2) is 9.59 Å². The third-order valence-electron chi connectivity index (χ3n) is 6.61. The summed E-state index contributed by atoms with van der Waals surface area (Å²) < 4.78 is 5.18. The van der Waals surface area contributed by atoms with E-state index in [0.29, 0.717) is 16.9 Å². The summed E-state index contributed by atoms with van der Waals surface area (Å²) in [4.78, 5) is 29.5. The first-order valence-corrected chi connectivity index (χ1v) is 8.64. The van der Waals surface area contributed by atoms with Gasteiger partial charge in [0.15, 0.2) is 0 Å². The Morgan fingerprint density at radius 1 is 1.28 bits per heavy atom. The fourth-order valence-electron chi connectivity index (χ4n) is 4.42. The van der Waals surface area contributed by atoms with Crippen molar-refractivity contribution in [1.29, 1.82) is 0 Å². The molecule has 0 spiro atoms. The van der Waals surface area contributed by atoms with Crippen LogP contribution in [0.3, 0.4) is 0 Å². The van der Waals surface area contributed by atoms with E-state index in [4.69, 9.17) is 9.25 Å². The molecule has 25 heavy (non-hydrogen) atoms. The number of nitrogens with zero attached hydrogens (tertiary/aromatic N) is 1. The molecule has 1 heterocycles. The maximum Gasteiger partial charge on any atom is 0.373 e. The van der Waals surface area contributed by atoms with Crippen LogP contribution >= 0.6 is 0 Å². The molecule has 5 heteroatoms. The second-order valence-corrected chi connectivity index (χ2v) is 7.90. The summed E-state index contributed by atoms with van der Waals surface area (Å²) in [5.41, 5.74) is 0.635. The van der Waals surface area contributed by atoms with Crippen LogP contribution in [0.5, 0.6) is 0 Å². The minimum absolute atomic E-state index is 0.0496. The Morgan fingerprint density at radius 3 is 2.72 bits per heavy atom. The number of rotatable bonds is 2. The lowest BCUT2D eigenvalue weighted by Gasteiger charge is -2.34. The highest BCUT2D eigenvalue weighted by molar-refractivity contribution is 5.96. The van der Waals surface area contributed by atoms with Crippen molar-refractivity contribution in [3.63, 3.8) is 0 Å². The molecule has 0 radical (unpaired) electrons. The molecule has 130 valence electrons. The number of hydrogen-bond acceptors (Lipinski definition) is 5. The van der Waals surface area contributed by atoms with Crippen LogP contribution in [0.1, 0.15) is 50.4 Å². The van der Waals surface area contributed by atoms with Crippen molar-refractivity contribution in [3.05, 3.63) is 46.3 Å². The van der Waals surface area contributed by atoms with Crippen LogP contribution in [0.2, 0.25) is 0 Å². The molecule has 0 unspecified atom stereocenters. The van der Waals surface area contributed by atoms with E-state index >= 15 is 0 Å². The highest BCUT2D eigenvalue weighted by atomic mass is 16.7. The molecule has 0 amide bonds. The number of oxime groups is 1. The maximum absolute atomic E-state index is 12.3. The van der Waals surface area contributed by atoms with Gasteiger partial charge < -0.3 is 9.25 Å². The zero-order valence-electron chi connectivity index (χ0n) is 14.7. The number of fused-ring (bicyclic) bond motifs is 3. The summed E-state index contributed by atoms with van der Waals surface area (Å²) >= 11 is 0. The first kappa shape index (κ1) is 16.1. The lowest BCUT2D eigenvalue weighted by Crippen LogP contribution is -2.32. The Morgan fingerprint density at radius 2 is 2.04 bits per heavy atom. The Balaban J connectivity index is 1.62. The predicted octanol–water partition coefficient (Wildman–Crippen LogP) is 4.15. The molecule has 4 rings (SSSR count). The SMILES string of the molecule is CC1(C)[C@H]2CC[C@]1(C)/C(=N\OC(=O)c1cc3ccccc3oc1=O)C2. The average molecular weight is 339 g/mol. The highest BCUT2D eigenvalue weighted by Gasteiger charge is 2.60. The van der Waals surface area contributed by atoms with Crippen LogP contribution in [0.25, 0.3) is 11.0 Å². The molecule has 2 fully saturated rings. The molecule has 2 aliphatic rings. The maximum atomic E-state index is 12.3. The normalized spacial score (nSPS) is 28.6. The van der Waals surface area contributed by atoms with Crippen molar-refractivity contribution in [2.45, 2.75) is 40.0 Å². The third kappa shape index (κ3) is 2.25. The van der Waals surface area contributed by atoms with E-state index in [1.165, 1.54) is 12.5 Å². The van der Waals surface area contributed by atoms with Gasteiger partial charge in [-0.1, -0.05) is 44.1 Å². The van der Waals surface area contributed by atoms with Crippen LogP contribution < -0.4 is 5.63 Å². The fraction of sp³-hybridized carbons (Fsp3) is 0.450. The van der Waals surface area contributed by atoms with E-state index in [1.54, 1.807) is 18.2 Å². The van der Waals surface area contributed by atoms with Gasteiger partial charge in [0.05, 0.1) is 5.71 Å². The molecule has 1 aromatic heterocycles. The molecule has 2 aliphatic carbocycles. The zero-order valence-corrected chi connectivity index (χ0v) is 14.7. The standard InChI is InChI=1S/C20H21NO4/c1-19(2)13-8-9-20(19,3)16(11-13)21-25-18(23)14-10-12-6-4-5-7-15(12)24-17(14)22/h4-7,10,13H,8-9,11H2,1-3H3/b21-16-/t13-,20+/m0/s1. The van der Waals surface area contributed by atoms with Gasteiger partial charge in [0.1, 0.15) is 11.1 Å². The summed E-state index contributed by atoms with van der Waals surface area (Å²) in [5.74, 6) is -0.197. The Kier molecular flexibility index (Phi) is 3.39. The average Bonchev–Trinajstić information content (AvgIpc) is 2.92. The van der Waals surface area contributed by atoms with E-state index in [0.717, 1.165) is 18.6 Å². The van der Waals surface area contributed by atoms with Gasteiger partial charge in [0.2, 0.25) is 0 Å². The number of hydrogen-bond donors (Lipinski definition) is 0. The van der Waals surface area contributed by atoms with Gasteiger partial charge >= 0.3 is 11.6 Å². The summed E-state index contributed by atoms with van der Waals surface area (Å²) in [7, 11) is 0. The van der Waals surface area contributed by atoms with E-state index in [1.807, 2.05) is 6.07 Å². The topological polar surface area (TPSA) is 68.9 Å². The second-order valence-electron chi connectivity index (χ2n) is 7.90. The van der Waals surface area contributed by atoms with Gasteiger partial charge in [0, 0.05) is 10.8 Å². The van der Waals surface area contributed by atoms with Crippen molar-refractivity contribution >= 4 is 22.7 Å². The van der Waals surface area contributed by atoms with Gasteiger partial charge in [-0.05, 0) is 42.7 Å². The first-order valence-electron chi connectivity index (χ1n) is 8.64. The van der Waals surface area contributed by atoms with Gasteiger partial charge in [0.25, 0.3) is 0 Å². The van der Waals surface area contributed by atoms with Crippen LogP contribution in [0.15, 0.2) is 44.7 Å². The van der Waals surface area contributed by atoms with E-state index in [-0.39, 0.29) is 16.4 Å². The van der Waals surface area contributed by atoms with E-state index in [9.17, 15) is 9.59 Å². The van der Waals surface area contributed by atoms with Crippen LogP contribution in [-0.4, -0.2) is 11.7 Å². The van der Waals surface area contributed by atoms with Crippen molar-refractivity contribution < 1.29 is 14.0 Å². The van der Waals surface area contributed by atoms with Crippen molar-refractivity contribution in [2.75, 3.05) is 0 Å². The summed E-state index contributed by atoms with van der Waals surface area (Å²) in [6, 6.07) is 8.55. The minimum Gasteiger partial charge on any atom is -0.422 e. The Labute approximate surface area is 145 Å². The van der Waals surface area contributed by atoms with E-state index < -0.39 is 11.6 Å². The van der Waals surface area contributed by atoms with Crippen molar-refractivity contribution in [3.8, 4) is 0 Å². The first-order chi connectivity index (χ1) is 11.8. The zero-order chi connectivity index (χ0) is 17.8. The van der Waals surface area contributed by atoms with Crippen LogP contribution in [0.4, 0.5) is 0 Å².